The topological polar surface area (TPSA) is 67.4 Å². The lowest BCUT2D eigenvalue weighted by molar-refractivity contribution is -0.126. The van der Waals surface area contributed by atoms with Crippen LogP contribution < -0.4 is 10.6 Å². The van der Waals surface area contributed by atoms with E-state index in [2.05, 4.69) is 10.6 Å². The Hall–Kier alpha value is -1.95. The Kier molecular flexibility index (Phi) is 7.13. The Morgan fingerprint density at radius 3 is 2.52 bits per heavy atom. The smallest absolute Gasteiger partial charge is 0.408 e. The summed E-state index contributed by atoms with van der Waals surface area (Å²) >= 11 is 18.9. The maximum atomic E-state index is 13.1. The van der Waals surface area contributed by atoms with E-state index in [1.807, 2.05) is 50.2 Å². The summed E-state index contributed by atoms with van der Waals surface area (Å²) in [6.45, 7) is 4.67. The van der Waals surface area contributed by atoms with E-state index in [1.165, 1.54) is 0 Å². The molecule has 4 atom stereocenters. The minimum absolute atomic E-state index is 0.0373. The predicted molar refractivity (Wildman–Crippen MR) is 131 cm³/mol. The second-order valence-electron chi connectivity index (χ2n) is 9.29. The van der Waals surface area contributed by atoms with Gasteiger partial charge in [0.2, 0.25) is 5.91 Å². The molecule has 0 radical (unpaired) electrons. The standard InChI is InChI=1S/C25H27Cl3N2O3/c1-14(2)13-33-24(32)30-25-10-9-19(18-8-7-17(27)11-21(18)28)22(20(25)12-29-23(25)31)15-3-5-16(26)6-4-15/h3-8,11,14,19-20,22H,9-10,12-13H2,1-2H3,(H,29,31)(H,30,32)/t19-,20-,22-,25-/m0/s1. The lowest BCUT2D eigenvalue weighted by atomic mass is 9.60. The molecule has 2 aromatic rings. The van der Waals surface area contributed by atoms with E-state index in [-0.39, 0.29) is 36.2 Å². The molecule has 8 heteroatoms. The number of hydrogen-bond acceptors (Lipinski definition) is 3. The van der Waals surface area contributed by atoms with Crippen LogP contribution in [0.4, 0.5) is 4.79 Å². The Morgan fingerprint density at radius 2 is 1.85 bits per heavy atom. The van der Waals surface area contributed by atoms with Crippen LogP contribution in [0, 0.1) is 11.8 Å². The van der Waals surface area contributed by atoms with Gasteiger partial charge in [-0.25, -0.2) is 4.79 Å². The average molecular weight is 510 g/mol. The molecule has 2 aromatic carbocycles. The van der Waals surface area contributed by atoms with Gasteiger partial charge in [0.15, 0.2) is 0 Å². The first-order valence-corrected chi connectivity index (χ1v) is 12.3. The van der Waals surface area contributed by atoms with Crippen LogP contribution in [-0.2, 0) is 9.53 Å². The molecule has 2 aliphatic rings. The third-order valence-corrected chi connectivity index (χ3v) is 7.54. The number of fused-ring (bicyclic) bond motifs is 1. The summed E-state index contributed by atoms with van der Waals surface area (Å²) < 4.78 is 5.37. The highest BCUT2D eigenvalue weighted by molar-refractivity contribution is 6.35. The van der Waals surface area contributed by atoms with Crippen LogP contribution >= 0.6 is 34.8 Å². The third-order valence-electron chi connectivity index (χ3n) is 6.73. The average Bonchev–Trinajstić information content (AvgIpc) is 3.09. The number of carbonyl (C=O) groups is 2. The second kappa shape index (κ2) is 9.73. The van der Waals surface area contributed by atoms with Gasteiger partial charge in [-0.05, 0) is 66.0 Å². The molecule has 2 fully saturated rings. The van der Waals surface area contributed by atoms with E-state index in [4.69, 9.17) is 39.5 Å². The molecule has 176 valence electrons. The summed E-state index contributed by atoms with van der Waals surface area (Å²) in [5.74, 6) is -0.211. The summed E-state index contributed by atoms with van der Waals surface area (Å²) in [6.07, 6.45) is 0.570. The summed E-state index contributed by atoms with van der Waals surface area (Å²) in [5.41, 5.74) is 0.975. The van der Waals surface area contributed by atoms with Gasteiger partial charge in [0.25, 0.3) is 0 Å². The van der Waals surface area contributed by atoms with Crippen molar-refractivity contribution in [3.05, 3.63) is 68.7 Å². The Bertz CT molecular complexity index is 1040. The minimum atomic E-state index is -1.05. The number of amides is 2. The van der Waals surface area contributed by atoms with Crippen molar-refractivity contribution in [3.63, 3.8) is 0 Å². The largest absolute Gasteiger partial charge is 0.449 e. The minimum Gasteiger partial charge on any atom is -0.449 e. The zero-order valence-electron chi connectivity index (χ0n) is 18.5. The molecule has 2 amide bonds. The van der Waals surface area contributed by atoms with Gasteiger partial charge >= 0.3 is 6.09 Å². The number of ether oxygens (including phenoxy) is 1. The highest BCUT2D eigenvalue weighted by Gasteiger charge is 2.59. The van der Waals surface area contributed by atoms with Gasteiger partial charge < -0.3 is 15.4 Å². The third kappa shape index (κ3) is 4.82. The number of halogens is 3. The monoisotopic (exact) mass is 508 g/mol. The van der Waals surface area contributed by atoms with Crippen LogP contribution in [0.3, 0.4) is 0 Å². The quantitative estimate of drug-likeness (QED) is 0.506. The normalized spacial score (nSPS) is 26.6. The van der Waals surface area contributed by atoms with Crippen molar-refractivity contribution in [3.8, 4) is 0 Å². The van der Waals surface area contributed by atoms with Gasteiger partial charge in [0, 0.05) is 27.5 Å². The van der Waals surface area contributed by atoms with Gasteiger partial charge in [-0.15, -0.1) is 0 Å². The second-order valence-corrected chi connectivity index (χ2v) is 10.6. The zero-order chi connectivity index (χ0) is 23.8. The summed E-state index contributed by atoms with van der Waals surface area (Å²) in [5, 5.41) is 7.75. The molecule has 1 saturated heterocycles. The van der Waals surface area contributed by atoms with E-state index in [0.717, 1.165) is 11.1 Å². The van der Waals surface area contributed by atoms with Gasteiger partial charge in [0.1, 0.15) is 5.54 Å². The Labute approximate surface area is 209 Å². The first-order chi connectivity index (χ1) is 15.7. The number of carbonyl (C=O) groups excluding carboxylic acids is 2. The molecule has 1 heterocycles. The van der Waals surface area contributed by atoms with Gasteiger partial charge in [-0.2, -0.15) is 0 Å². The summed E-state index contributed by atoms with van der Waals surface area (Å²) in [6, 6.07) is 13.2. The van der Waals surface area contributed by atoms with Crippen LogP contribution in [0.5, 0.6) is 0 Å². The molecular formula is C25H27Cl3N2O3. The fraction of sp³-hybridized carbons (Fsp3) is 0.440. The molecule has 0 spiro atoms. The van der Waals surface area contributed by atoms with Crippen LogP contribution in [0.25, 0.3) is 0 Å². The van der Waals surface area contributed by atoms with E-state index in [9.17, 15) is 9.59 Å². The molecule has 5 nitrogen and oxygen atoms in total. The van der Waals surface area contributed by atoms with Gasteiger partial charge in [-0.3, -0.25) is 4.79 Å². The zero-order valence-corrected chi connectivity index (χ0v) is 20.8. The fourth-order valence-electron chi connectivity index (χ4n) is 5.25. The number of nitrogens with one attached hydrogen (secondary N) is 2. The fourth-order valence-corrected chi connectivity index (χ4v) is 5.93. The molecule has 1 aliphatic heterocycles. The van der Waals surface area contributed by atoms with Crippen LogP contribution in [0.1, 0.15) is 49.7 Å². The number of alkyl carbamates (subject to hydrolysis) is 1. The van der Waals surface area contributed by atoms with Crippen LogP contribution in [-0.4, -0.2) is 30.7 Å². The van der Waals surface area contributed by atoms with Crippen molar-refractivity contribution in [2.45, 2.75) is 44.1 Å². The highest BCUT2D eigenvalue weighted by Crippen LogP contribution is 2.54. The first kappa shape index (κ1) is 24.2. The molecule has 1 aliphatic carbocycles. The maximum Gasteiger partial charge on any atom is 0.408 e. The van der Waals surface area contributed by atoms with E-state index in [0.29, 0.717) is 34.5 Å². The lowest BCUT2D eigenvalue weighted by Crippen LogP contribution is -2.61. The molecule has 2 N–H and O–H groups in total. The number of hydrogen-bond donors (Lipinski definition) is 2. The van der Waals surface area contributed by atoms with Gasteiger partial charge in [0.05, 0.1) is 6.61 Å². The molecule has 4 rings (SSSR count). The van der Waals surface area contributed by atoms with E-state index < -0.39 is 11.6 Å². The van der Waals surface area contributed by atoms with Crippen molar-refractivity contribution in [2.24, 2.45) is 11.8 Å². The maximum absolute atomic E-state index is 13.1. The summed E-state index contributed by atoms with van der Waals surface area (Å²) in [4.78, 5) is 25.8. The Balaban J connectivity index is 1.74. The summed E-state index contributed by atoms with van der Waals surface area (Å²) in [7, 11) is 0. The molecular weight excluding hydrogens is 483 g/mol. The van der Waals surface area contributed by atoms with E-state index >= 15 is 0 Å². The number of benzene rings is 2. The molecule has 0 unspecified atom stereocenters. The predicted octanol–water partition coefficient (Wildman–Crippen LogP) is 6.18. The van der Waals surface area contributed by atoms with Crippen LogP contribution in [0.15, 0.2) is 42.5 Å². The first-order valence-electron chi connectivity index (χ1n) is 11.1. The van der Waals surface area contributed by atoms with Crippen molar-refractivity contribution in [2.75, 3.05) is 13.2 Å². The van der Waals surface area contributed by atoms with Crippen molar-refractivity contribution in [1.82, 2.24) is 10.6 Å². The molecule has 1 saturated carbocycles. The SMILES string of the molecule is CC(C)COC(=O)N[C@@]12CC[C@@H](c3ccc(Cl)cc3Cl)[C@H](c3ccc(Cl)cc3)[C@@H]1CNC2=O. The van der Waals surface area contributed by atoms with Crippen molar-refractivity contribution in [1.29, 1.82) is 0 Å². The molecule has 33 heavy (non-hydrogen) atoms. The molecule has 0 bridgehead atoms. The Morgan fingerprint density at radius 1 is 1.15 bits per heavy atom. The van der Waals surface area contributed by atoms with Crippen molar-refractivity contribution >= 4 is 46.8 Å². The lowest BCUT2D eigenvalue weighted by Gasteiger charge is -2.46. The van der Waals surface area contributed by atoms with Gasteiger partial charge in [-0.1, -0.05) is 66.8 Å². The number of rotatable bonds is 5. The van der Waals surface area contributed by atoms with E-state index in [1.54, 1.807) is 6.07 Å². The van der Waals surface area contributed by atoms with Crippen molar-refractivity contribution < 1.29 is 14.3 Å². The highest BCUT2D eigenvalue weighted by atomic mass is 35.5. The molecule has 0 aromatic heterocycles. The van der Waals surface area contributed by atoms with Crippen LogP contribution in [0.2, 0.25) is 15.1 Å².